The quantitative estimate of drug-likeness (QED) is 0.759. The maximum absolute atomic E-state index is 12.2. The number of aliphatic hydroxyl groups is 1. The number of carbonyl (C=O) groups excluding carboxylic acids is 1. The first-order valence-corrected chi connectivity index (χ1v) is 9.72. The summed E-state index contributed by atoms with van der Waals surface area (Å²) in [6.45, 7) is 5.51. The van der Waals surface area contributed by atoms with Crippen molar-refractivity contribution in [3.8, 4) is 17.1 Å². The molecule has 28 heavy (non-hydrogen) atoms. The van der Waals surface area contributed by atoms with Gasteiger partial charge in [-0.25, -0.2) is 9.67 Å². The van der Waals surface area contributed by atoms with E-state index in [0.29, 0.717) is 23.7 Å². The van der Waals surface area contributed by atoms with E-state index in [-0.39, 0.29) is 30.7 Å². The van der Waals surface area contributed by atoms with Gasteiger partial charge in [0.1, 0.15) is 11.8 Å². The van der Waals surface area contributed by atoms with E-state index in [9.17, 15) is 9.90 Å². The highest BCUT2D eigenvalue weighted by atomic mass is 16.5. The molecule has 0 amide bonds. The second-order valence-electron chi connectivity index (χ2n) is 7.60. The summed E-state index contributed by atoms with van der Waals surface area (Å²) in [5.74, 6) is 0.302. The van der Waals surface area contributed by atoms with Gasteiger partial charge in [-0.2, -0.15) is 0 Å². The van der Waals surface area contributed by atoms with Crippen molar-refractivity contribution in [2.24, 2.45) is 13.0 Å². The lowest BCUT2D eigenvalue weighted by Crippen LogP contribution is -2.32. The van der Waals surface area contributed by atoms with E-state index in [1.54, 1.807) is 17.9 Å². The van der Waals surface area contributed by atoms with Crippen LogP contribution in [-0.2, 0) is 23.2 Å². The monoisotopic (exact) mass is 388 g/mol. The molecule has 1 aliphatic rings. The van der Waals surface area contributed by atoms with Gasteiger partial charge in [0.05, 0.1) is 24.3 Å². The molecule has 3 rings (SSSR count). The number of aromatic nitrogens is 4. The molecule has 8 nitrogen and oxygen atoms in total. The predicted octanol–water partition coefficient (Wildman–Crippen LogP) is 2.57. The predicted molar refractivity (Wildman–Crippen MR) is 102 cm³/mol. The van der Waals surface area contributed by atoms with Gasteiger partial charge < -0.3 is 14.6 Å². The molecule has 0 spiro atoms. The number of rotatable bonds is 6. The molecular weight excluding hydrogens is 360 g/mol. The lowest BCUT2D eigenvalue weighted by atomic mass is 9.87. The van der Waals surface area contributed by atoms with Gasteiger partial charge >= 0.3 is 5.97 Å². The van der Waals surface area contributed by atoms with Crippen molar-refractivity contribution >= 4 is 5.97 Å². The van der Waals surface area contributed by atoms with E-state index in [4.69, 9.17) is 9.47 Å². The molecular formula is C20H28N4O4. The van der Waals surface area contributed by atoms with Crippen LogP contribution in [0.25, 0.3) is 11.3 Å². The summed E-state index contributed by atoms with van der Waals surface area (Å²) in [5.41, 5.74) is 2.90. The number of aryl methyl sites for hydroxylation is 2. The molecule has 2 atom stereocenters. The van der Waals surface area contributed by atoms with Crippen LogP contribution in [0.3, 0.4) is 0 Å². The maximum Gasteiger partial charge on any atom is 0.309 e. The molecule has 0 bridgehead atoms. The lowest BCUT2D eigenvalue weighted by Gasteiger charge is -2.28. The summed E-state index contributed by atoms with van der Waals surface area (Å²) in [4.78, 5) is 16.7. The standard InChI is InChI=1S/C20H28N4O4/c1-12(2)27-20(26)14-6-5-7-16(9-14)28-19-13(3)8-15(10-21-19)18-17(11-25)24(4)23-22-18/h8,10,12,14,16,25H,5-7,9,11H2,1-4H3/t14-,16-/m0/s1. The van der Waals surface area contributed by atoms with Gasteiger partial charge in [-0.3, -0.25) is 4.79 Å². The molecule has 0 radical (unpaired) electrons. The van der Waals surface area contributed by atoms with Crippen LogP contribution in [0.15, 0.2) is 12.3 Å². The Morgan fingerprint density at radius 3 is 2.86 bits per heavy atom. The van der Waals surface area contributed by atoms with Crippen molar-refractivity contribution in [3.63, 3.8) is 0 Å². The molecule has 8 heteroatoms. The Morgan fingerprint density at radius 1 is 1.39 bits per heavy atom. The second-order valence-corrected chi connectivity index (χ2v) is 7.60. The Bertz CT molecular complexity index is 834. The Morgan fingerprint density at radius 2 is 2.18 bits per heavy atom. The first-order valence-electron chi connectivity index (χ1n) is 9.72. The van der Waals surface area contributed by atoms with Gasteiger partial charge in [-0.05, 0) is 52.5 Å². The van der Waals surface area contributed by atoms with E-state index in [1.165, 1.54) is 0 Å². The zero-order chi connectivity index (χ0) is 20.3. The van der Waals surface area contributed by atoms with Crippen LogP contribution in [-0.4, -0.2) is 43.3 Å². The Labute approximate surface area is 164 Å². The summed E-state index contributed by atoms with van der Waals surface area (Å²) < 4.78 is 13.0. The number of nitrogens with zero attached hydrogens (tertiary/aromatic N) is 4. The minimum absolute atomic E-state index is 0.0555. The summed E-state index contributed by atoms with van der Waals surface area (Å²) in [5, 5.41) is 17.6. The molecule has 2 heterocycles. The third kappa shape index (κ3) is 4.49. The van der Waals surface area contributed by atoms with Gasteiger partial charge in [-0.1, -0.05) is 5.21 Å². The Hall–Kier alpha value is -2.48. The molecule has 1 N–H and O–H groups in total. The Balaban J connectivity index is 1.70. The summed E-state index contributed by atoms with van der Waals surface area (Å²) >= 11 is 0. The van der Waals surface area contributed by atoms with Crippen LogP contribution in [0.5, 0.6) is 5.88 Å². The van der Waals surface area contributed by atoms with E-state index in [1.807, 2.05) is 26.8 Å². The number of carbonyl (C=O) groups is 1. The lowest BCUT2D eigenvalue weighted by molar-refractivity contribution is -0.154. The van der Waals surface area contributed by atoms with Crippen molar-refractivity contribution in [2.75, 3.05) is 0 Å². The summed E-state index contributed by atoms with van der Waals surface area (Å²) in [6.07, 6.45) is 4.83. The van der Waals surface area contributed by atoms with E-state index >= 15 is 0 Å². The highest BCUT2D eigenvalue weighted by Crippen LogP contribution is 2.31. The fourth-order valence-electron chi connectivity index (χ4n) is 3.55. The smallest absolute Gasteiger partial charge is 0.309 e. The van der Waals surface area contributed by atoms with Crippen LogP contribution in [0, 0.1) is 12.8 Å². The SMILES string of the molecule is Cc1cc(-c2nnn(C)c2CO)cnc1O[C@H]1CCC[C@H](C(=O)OC(C)C)C1. The average Bonchev–Trinajstić information content (AvgIpc) is 3.03. The number of aliphatic hydroxyl groups excluding tert-OH is 1. The highest BCUT2D eigenvalue weighted by molar-refractivity contribution is 5.72. The molecule has 2 aromatic rings. The average molecular weight is 388 g/mol. The number of ether oxygens (including phenoxy) is 2. The second kappa shape index (κ2) is 8.68. The molecule has 2 aromatic heterocycles. The number of hydrogen-bond donors (Lipinski definition) is 1. The van der Waals surface area contributed by atoms with Crippen molar-refractivity contribution < 1.29 is 19.4 Å². The molecule has 1 aliphatic carbocycles. The zero-order valence-corrected chi connectivity index (χ0v) is 16.9. The highest BCUT2D eigenvalue weighted by Gasteiger charge is 2.30. The van der Waals surface area contributed by atoms with Gasteiger partial charge in [-0.15, -0.1) is 5.10 Å². The van der Waals surface area contributed by atoms with Gasteiger partial charge in [0.2, 0.25) is 5.88 Å². The number of pyridine rings is 1. The topological polar surface area (TPSA) is 99.4 Å². The zero-order valence-electron chi connectivity index (χ0n) is 16.9. The van der Waals surface area contributed by atoms with Crippen LogP contribution in [0.1, 0.15) is 50.8 Å². The van der Waals surface area contributed by atoms with Crippen molar-refractivity contribution in [1.82, 2.24) is 20.0 Å². The molecule has 0 unspecified atom stereocenters. The van der Waals surface area contributed by atoms with Gasteiger partial charge in [0.15, 0.2) is 0 Å². The fraction of sp³-hybridized carbons (Fsp3) is 0.600. The van der Waals surface area contributed by atoms with Crippen LogP contribution in [0.4, 0.5) is 0 Å². The van der Waals surface area contributed by atoms with Crippen LogP contribution in [0.2, 0.25) is 0 Å². The van der Waals surface area contributed by atoms with Crippen molar-refractivity contribution in [3.05, 3.63) is 23.5 Å². The Kier molecular flexibility index (Phi) is 6.28. The molecule has 0 saturated heterocycles. The van der Waals surface area contributed by atoms with Crippen LogP contribution >= 0.6 is 0 Å². The molecule has 0 aromatic carbocycles. The largest absolute Gasteiger partial charge is 0.474 e. The molecule has 1 fully saturated rings. The van der Waals surface area contributed by atoms with E-state index in [2.05, 4.69) is 15.3 Å². The molecule has 0 aliphatic heterocycles. The molecule has 1 saturated carbocycles. The summed E-state index contributed by atoms with van der Waals surface area (Å²) in [7, 11) is 1.74. The van der Waals surface area contributed by atoms with Gasteiger partial charge in [0, 0.05) is 24.4 Å². The first-order chi connectivity index (χ1) is 13.4. The summed E-state index contributed by atoms with van der Waals surface area (Å²) in [6, 6.07) is 1.93. The number of hydrogen-bond acceptors (Lipinski definition) is 7. The minimum atomic E-state index is -0.147. The molecule has 152 valence electrons. The van der Waals surface area contributed by atoms with Crippen molar-refractivity contribution in [2.45, 2.75) is 65.3 Å². The first kappa shape index (κ1) is 20.3. The third-order valence-electron chi connectivity index (χ3n) is 4.99. The number of esters is 1. The van der Waals surface area contributed by atoms with Crippen LogP contribution < -0.4 is 4.74 Å². The van der Waals surface area contributed by atoms with E-state index in [0.717, 1.165) is 30.4 Å². The minimum Gasteiger partial charge on any atom is -0.474 e. The maximum atomic E-state index is 12.2. The normalized spacial score (nSPS) is 19.6. The third-order valence-corrected chi connectivity index (χ3v) is 4.99. The van der Waals surface area contributed by atoms with Crippen molar-refractivity contribution in [1.29, 1.82) is 0 Å². The van der Waals surface area contributed by atoms with Gasteiger partial charge in [0.25, 0.3) is 0 Å². The fourth-order valence-corrected chi connectivity index (χ4v) is 3.55. The van der Waals surface area contributed by atoms with E-state index < -0.39 is 0 Å².